The van der Waals surface area contributed by atoms with Crippen LogP contribution in [0, 0.1) is 11.6 Å². The molecule has 0 atom stereocenters. The molecule has 0 radical (unpaired) electrons. The summed E-state index contributed by atoms with van der Waals surface area (Å²) in [5.74, 6) is -1.06. The molecule has 1 saturated heterocycles. The van der Waals surface area contributed by atoms with E-state index in [1.54, 1.807) is 11.0 Å². The molecule has 138 valence electrons. The summed E-state index contributed by atoms with van der Waals surface area (Å²) in [5.41, 5.74) is 0.138. The van der Waals surface area contributed by atoms with Crippen molar-refractivity contribution in [2.45, 2.75) is 0 Å². The number of benzene rings is 1. The summed E-state index contributed by atoms with van der Waals surface area (Å²) in [6, 6.07) is 6.80. The summed E-state index contributed by atoms with van der Waals surface area (Å²) in [7, 11) is 0. The molecular weight excluding hydrogens is 356 g/mol. The lowest BCUT2D eigenvalue weighted by atomic mass is 10.1. The van der Waals surface area contributed by atoms with Gasteiger partial charge in [-0.25, -0.2) is 18.4 Å². The first-order valence-corrected chi connectivity index (χ1v) is 8.30. The molecule has 2 aromatic heterocycles. The Morgan fingerprint density at radius 3 is 2.30 bits per heavy atom. The van der Waals surface area contributed by atoms with E-state index in [-0.39, 0.29) is 11.5 Å². The van der Waals surface area contributed by atoms with E-state index in [9.17, 15) is 13.6 Å². The van der Waals surface area contributed by atoms with Gasteiger partial charge in [0.25, 0.3) is 5.91 Å². The fourth-order valence-corrected chi connectivity index (χ4v) is 2.89. The van der Waals surface area contributed by atoms with Crippen molar-refractivity contribution >= 4 is 11.7 Å². The second kappa shape index (κ2) is 7.06. The first-order chi connectivity index (χ1) is 13.1. The van der Waals surface area contributed by atoms with Crippen molar-refractivity contribution in [3.63, 3.8) is 0 Å². The highest BCUT2D eigenvalue weighted by Gasteiger charge is 2.23. The van der Waals surface area contributed by atoms with Gasteiger partial charge in [-0.2, -0.15) is 5.10 Å². The number of carbonyl (C=O) groups is 1. The maximum Gasteiger partial charge on any atom is 0.254 e. The number of carbonyl (C=O) groups excluding carboxylic acids is 1. The molecule has 0 spiro atoms. The Bertz CT molecular complexity index is 938. The minimum Gasteiger partial charge on any atom is -0.352 e. The molecule has 0 unspecified atom stereocenters. The summed E-state index contributed by atoms with van der Waals surface area (Å²) in [5, 5.41) is 12.3. The lowest BCUT2D eigenvalue weighted by Crippen LogP contribution is -2.49. The van der Waals surface area contributed by atoms with Crippen LogP contribution < -0.4 is 4.90 Å². The van der Waals surface area contributed by atoms with Gasteiger partial charge in [0.1, 0.15) is 12.7 Å². The summed E-state index contributed by atoms with van der Waals surface area (Å²) < 4.78 is 27.9. The molecule has 10 heteroatoms. The van der Waals surface area contributed by atoms with E-state index < -0.39 is 11.6 Å². The third-order valence-corrected chi connectivity index (χ3v) is 4.35. The molecule has 27 heavy (non-hydrogen) atoms. The van der Waals surface area contributed by atoms with Gasteiger partial charge in [-0.05, 0) is 30.3 Å². The van der Waals surface area contributed by atoms with Crippen LogP contribution in [0.15, 0.2) is 43.0 Å². The third kappa shape index (κ3) is 3.46. The topological polar surface area (TPSA) is 80.0 Å². The normalized spacial score (nSPS) is 14.4. The molecule has 0 N–H and O–H groups in total. The van der Waals surface area contributed by atoms with Crippen molar-refractivity contribution in [2.75, 3.05) is 31.1 Å². The van der Waals surface area contributed by atoms with Crippen LogP contribution >= 0.6 is 0 Å². The number of hydrogen-bond acceptors (Lipinski definition) is 6. The van der Waals surface area contributed by atoms with Crippen LogP contribution in [0.5, 0.6) is 0 Å². The lowest BCUT2D eigenvalue weighted by molar-refractivity contribution is 0.0746. The number of piperazine rings is 1. The van der Waals surface area contributed by atoms with Crippen LogP contribution in [-0.2, 0) is 0 Å². The molecule has 3 aromatic rings. The minimum atomic E-state index is -1.03. The summed E-state index contributed by atoms with van der Waals surface area (Å²) in [6.07, 6.45) is 2.95. The molecule has 0 aliphatic carbocycles. The van der Waals surface area contributed by atoms with Gasteiger partial charge in [-0.3, -0.25) is 4.79 Å². The van der Waals surface area contributed by atoms with Crippen LogP contribution in [-0.4, -0.2) is 61.9 Å². The number of nitrogens with zero attached hydrogens (tertiary/aromatic N) is 7. The fraction of sp³-hybridized carbons (Fsp3) is 0.235. The minimum absolute atomic E-state index is 0.138. The number of anilines is 1. The van der Waals surface area contributed by atoms with E-state index in [0.29, 0.717) is 37.8 Å². The Morgan fingerprint density at radius 2 is 1.67 bits per heavy atom. The highest BCUT2D eigenvalue weighted by atomic mass is 19.2. The van der Waals surface area contributed by atoms with Gasteiger partial charge in [-0.15, -0.1) is 10.2 Å². The molecule has 1 aliphatic rings. The van der Waals surface area contributed by atoms with E-state index in [2.05, 4.69) is 20.3 Å². The predicted octanol–water partition coefficient (Wildman–Crippen LogP) is 1.30. The molecular formula is C17H15F2N7O. The monoisotopic (exact) mass is 371 g/mol. The average Bonchev–Trinajstić information content (AvgIpc) is 3.25. The van der Waals surface area contributed by atoms with E-state index in [1.165, 1.54) is 23.4 Å². The van der Waals surface area contributed by atoms with Gasteiger partial charge in [0.05, 0.1) is 0 Å². The molecule has 1 amide bonds. The van der Waals surface area contributed by atoms with Crippen molar-refractivity contribution < 1.29 is 13.6 Å². The van der Waals surface area contributed by atoms with Gasteiger partial charge in [0.2, 0.25) is 0 Å². The zero-order chi connectivity index (χ0) is 18.8. The molecule has 3 heterocycles. The number of rotatable bonds is 3. The molecule has 1 fully saturated rings. The maximum absolute atomic E-state index is 13.3. The second-order valence-corrected chi connectivity index (χ2v) is 6.00. The number of aromatic nitrogens is 5. The van der Waals surface area contributed by atoms with Crippen LogP contribution in [0.25, 0.3) is 5.82 Å². The average molecular weight is 371 g/mol. The zero-order valence-corrected chi connectivity index (χ0v) is 14.2. The highest BCUT2D eigenvalue weighted by molar-refractivity contribution is 5.94. The molecule has 0 bridgehead atoms. The molecule has 1 aromatic carbocycles. The Kier molecular flexibility index (Phi) is 4.45. The molecule has 1 aliphatic heterocycles. The van der Waals surface area contributed by atoms with Gasteiger partial charge < -0.3 is 9.80 Å². The van der Waals surface area contributed by atoms with Crippen molar-refractivity contribution in [3.8, 4) is 5.82 Å². The van der Waals surface area contributed by atoms with Gasteiger partial charge in [0, 0.05) is 31.7 Å². The SMILES string of the molecule is O=C(c1ccc(F)c(F)c1)N1CCN(c2ccc(-n3cncn3)nn2)CC1. The van der Waals surface area contributed by atoms with Crippen LogP contribution in [0.2, 0.25) is 0 Å². The van der Waals surface area contributed by atoms with Gasteiger partial charge in [0.15, 0.2) is 23.3 Å². The van der Waals surface area contributed by atoms with Gasteiger partial charge in [-0.1, -0.05) is 0 Å². The molecule has 0 saturated carbocycles. The largest absolute Gasteiger partial charge is 0.352 e. The van der Waals surface area contributed by atoms with E-state index in [1.807, 2.05) is 11.0 Å². The summed E-state index contributed by atoms with van der Waals surface area (Å²) in [6.45, 7) is 2.02. The smallest absolute Gasteiger partial charge is 0.254 e. The number of amides is 1. The standard InChI is InChI=1S/C17H15F2N7O/c18-13-2-1-12(9-14(13)19)17(27)25-7-5-24(6-8-25)15-3-4-16(23-22-15)26-11-20-10-21-26/h1-4,9-11H,5-8H2. The first kappa shape index (κ1) is 17.0. The maximum atomic E-state index is 13.3. The number of hydrogen-bond donors (Lipinski definition) is 0. The Balaban J connectivity index is 1.39. The molecule has 8 nitrogen and oxygen atoms in total. The van der Waals surface area contributed by atoms with E-state index in [4.69, 9.17) is 0 Å². The molecule has 4 rings (SSSR count). The summed E-state index contributed by atoms with van der Waals surface area (Å²) in [4.78, 5) is 19.9. The quantitative estimate of drug-likeness (QED) is 0.690. The predicted molar refractivity (Wildman–Crippen MR) is 91.4 cm³/mol. The Labute approximate surface area is 153 Å². The van der Waals surface area contributed by atoms with Crippen LogP contribution in [0.1, 0.15) is 10.4 Å². The Morgan fingerprint density at radius 1 is 0.926 bits per heavy atom. The Hall–Kier alpha value is -3.43. The van der Waals surface area contributed by atoms with Crippen molar-refractivity contribution in [3.05, 3.63) is 60.2 Å². The van der Waals surface area contributed by atoms with Crippen LogP contribution in [0.3, 0.4) is 0 Å². The number of halogens is 2. The summed E-state index contributed by atoms with van der Waals surface area (Å²) >= 11 is 0. The fourth-order valence-electron chi connectivity index (χ4n) is 2.89. The van der Waals surface area contributed by atoms with Crippen molar-refractivity contribution in [1.82, 2.24) is 29.9 Å². The first-order valence-electron chi connectivity index (χ1n) is 8.30. The third-order valence-electron chi connectivity index (χ3n) is 4.35. The second-order valence-electron chi connectivity index (χ2n) is 6.00. The van der Waals surface area contributed by atoms with E-state index >= 15 is 0 Å². The van der Waals surface area contributed by atoms with E-state index in [0.717, 1.165) is 12.1 Å². The lowest BCUT2D eigenvalue weighted by Gasteiger charge is -2.35. The van der Waals surface area contributed by atoms with Crippen LogP contribution in [0.4, 0.5) is 14.6 Å². The van der Waals surface area contributed by atoms with Gasteiger partial charge >= 0.3 is 0 Å². The zero-order valence-electron chi connectivity index (χ0n) is 14.2. The van der Waals surface area contributed by atoms with Crippen molar-refractivity contribution in [2.24, 2.45) is 0 Å². The van der Waals surface area contributed by atoms with Crippen molar-refractivity contribution in [1.29, 1.82) is 0 Å². The highest BCUT2D eigenvalue weighted by Crippen LogP contribution is 2.16.